The van der Waals surface area contributed by atoms with Crippen LogP contribution in [0.15, 0.2) is 27.4 Å². The van der Waals surface area contributed by atoms with E-state index in [2.05, 4.69) is 5.32 Å². The molecule has 1 aromatic carbocycles. The lowest BCUT2D eigenvalue weighted by Crippen LogP contribution is -2.33. The number of halogens is 1. The van der Waals surface area contributed by atoms with E-state index in [1.165, 1.54) is 18.2 Å². The highest BCUT2D eigenvalue weighted by molar-refractivity contribution is 6.37. The normalized spacial score (nSPS) is 11.6. The van der Waals surface area contributed by atoms with E-state index in [4.69, 9.17) is 16.0 Å². The van der Waals surface area contributed by atoms with E-state index < -0.39 is 11.5 Å². The summed E-state index contributed by atoms with van der Waals surface area (Å²) in [5.41, 5.74) is -0.641. The molecule has 0 unspecified atom stereocenters. The molecule has 2 aromatic rings. The molecule has 1 aromatic heterocycles. The molecule has 0 aliphatic carbocycles. The van der Waals surface area contributed by atoms with E-state index in [1.807, 2.05) is 0 Å². The largest absolute Gasteiger partial charge is 0.422 e. The zero-order valence-electron chi connectivity index (χ0n) is 9.81. The third-order valence-corrected chi connectivity index (χ3v) is 2.78. The van der Waals surface area contributed by atoms with Crippen LogP contribution < -0.4 is 10.9 Å². The van der Waals surface area contributed by atoms with Crippen molar-refractivity contribution in [1.82, 2.24) is 0 Å². The first-order valence-corrected chi connectivity index (χ1v) is 5.64. The second-order valence-corrected chi connectivity index (χ2v) is 4.47. The number of hydrogen-bond donors (Lipinski definition) is 3. The molecule has 0 saturated heterocycles. The fraction of sp³-hybridized carbons (Fsp3) is 0.167. The van der Waals surface area contributed by atoms with Gasteiger partial charge in [0, 0.05) is 24.1 Å². The van der Waals surface area contributed by atoms with Crippen LogP contribution in [0, 0.1) is 0 Å². The van der Waals surface area contributed by atoms with Crippen molar-refractivity contribution in [3.8, 4) is 0 Å². The standard InChI is InChI=1S/C12H10ClNO5/c1-12(17,18)14-6-2-3-7-9(4-6)19-11(16)8(5-15)10(7)13/h2-5,14,17-18H,1H3. The van der Waals surface area contributed by atoms with E-state index in [9.17, 15) is 19.8 Å². The summed E-state index contributed by atoms with van der Waals surface area (Å²) in [5, 5.41) is 21.2. The minimum Gasteiger partial charge on any atom is -0.422 e. The maximum absolute atomic E-state index is 11.5. The van der Waals surface area contributed by atoms with Gasteiger partial charge in [-0.15, -0.1) is 0 Å². The highest BCUT2D eigenvalue weighted by Gasteiger charge is 2.16. The molecular weight excluding hydrogens is 274 g/mol. The van der Waals surface area contributed by atoms with Gasteiger partial charge in [-0.1, -0.05) is 11.6 Å². The first-order valence-electron chi connectivity index (χ1n) is 5.26. The van der Waals surface area contributed by atoms with E-state index in [1.54, 1.807) is 0 Å². The average molecular weight is 284 g/mol. The van der Waals surface area contributed by atoms with Crippen LogP contribution in [0.25, 0.3) is 11.0 Å². The number of carbonyl (C=O) groups is 1. The Labute approximate surface area is 112 Å². The van der Waals surface area contributed by atoms with Gasteiger partial charge in [0.1, 0.15) is 11.1 Å². The summed E-state index contributed by atoms with van der Waals surface area (Å²) in [4.78, 5) is 22.2. The van der Waals surface area contributed by atoms with Gasteiger partial charge in [0.2, 0.25) is 5.91 Å². The Balaban J connectivity index is 2.62. The number of aldehydes is 1. The van der Waals surface area contributed by atoms with Gasteiger partial charge in [0.15, 0.2) is 6.29 Å². The van der Waals surface area contributed by atoms with E-state index >= 15 is 0 Å². The third-order valence-electron chi connectivity index (χ3n) is 2.38. The molecule has 100 valence electrons. The van der Waals surface area contributed by atoms with Gasteiger partial charge in [0.25, 0.3) is 0 Å². The Bertz CT molecular complexity index is 702. The van der Waals surface area contributed by atoms with Crippen molar-refractivity contribution < 1.29 is 19.4 Å². The van der Waals surface area contributed by atoms with Crippen molar-refractivity contribution in [3.63, 3.8) is 0 Å². The monoisotopic (exact) mass is 283 g/mol. The topological polar surface area (TPSA) is 99.8 Å². The fourth-order valence-corrected chi connectivity index (χ4v) is 1.91. The predicted molar refractivity (Wildman–Crippen MR) is 69.3 cm³/mol. The summed E-state index contributed by atoms with van der Waals surface area (Å²) in [6, 6.07) is 4.39. The van der Waals surface area contributed by atoms with Crippen LogP contribution in [0.1, 0.15) is 17.3 Å². The highest BCUT2D eigenvalue weighted by Crippen LogP contribution is 2.27. The summed E-state index contributed by atoms with van der Waals surface area (Å²) >= 11 is 5.92. The Hall–Kier alpha value is -1.89. The van der Waals surface area contributed by atoms with Crippen molar-refractivity contribution in [2.75, 3.05) is 5.32 Å². The Morgan fingerprint density at radius 2 is 2.11 bits per heavy atom. The number of nitrogens with one attached hydrogen (secondary N) is 1. The van der Waals surface area contributed by atoms with Crippen molar-refractivity contribution in [1.29, 1.82) is 0 Å². The molecule has 2 rings (SSSR count). The number of aliphatic hydroxyl groups is 2. The van der Waals surface area contributed by atoms with Crippen LogP contribution >= 0.6 is 11.6 Å². The van der Waals surface area contributed by atoms with Crippen LogP contribution in [0.4, 0.5) is 5.69 Å². The summed E-state index contributed by atoms with van der Waals surface area (Å²) in [7, 11) is 0. The second kappa shape index (κ2) is 4.65. The summed E-state index contributed by atoms with van der Waals surface area (Å²) in [6.45, 7) is 1.13. The smallest absolute Gasteiger partial charge is 0.348 e. The van der Waals surface area contributed by atoms with Crippen molar-refractivity contribution in [2.45, 2.75) is 12.8 Å². The number of fused-ring (bicyclic) bond motifs is 1. The van der Waals surface area contributed by atoms with Gasteiger partial charge in [-0.3, -0.25) is 4.79 Å². The van der Waals surface area contributed by atoms with Gasteiger partial charge in [-0.05, 0) is 12.1 Å². The lowest BCUT2D eigenvalue weighted by atomic mass is 10.1. The number of carbonyl (C=O) groups excluding carboxylic acids is 1. The zero-order chi connectivity index (χ0) is 14.2. The van der Waals surface area contributed by atoms with E-state index in [0.29, 0.717) is 17.4 Å². The second-order valence-electron chi connectivity index (χ2n) is 4.09. The molecular formula is C12H10ClNO5. The third kappa shape index (κ3) is 2.76. The minimum absolute atomic E-state index is 0.00330. The Kier molecular flexibility index (Phi) is 3.32. The Morgan fingerprint density at radius 1 is 1.42 bits per heavy atom. The first-order chi connectivity index (χ1) is 8.81. The minimum atomic E-state index is -2.11. The maximum Gasteiger partial charge on any atom is 0.348 e. The summed E-state index contributed by atoms with van der Waals surface area (Å²) < 4.78 is 4.95. The van der Waals surface area contributed by atoms with Crippen LogP contribution in [0.5, 0.6) is 0 Å². The molecule has 0 spiro atoms. The quantitative estimate of drug-likeness (QED) is 0.446. The van der Waals surface area contributed by atoms with Gasteiger partial charge in [0.05, 0.1) is 5.02 Å². The average Bonchev–Trinajstić information content (AvgIpc) is 2.26. The number of benzene rings is 1. The van der Waals surface area contributed by atoms with Gasteiger partial charge in [-0.25, -0.2) is 4.79 Å². The van der Waals surface area contributed by atoms with Crippen molar-refractivity contribution in [3.05, 3.63) is 39.2 Å². The van der Waals surface area contributed by atoms with Crippen LogP contribution in [-0.4, -0.2) is 22.4 Å². The molecule has 0 radical (unpaired) electrons. The summed E-state index contributed by atoms with van der Waals surface area (Å²) in [6.07, 6.45) is 0.332. The van der Waals surface area contributed by atoms with E-state index in [0.717, 1.165) is 6.92 Å². The molecule has 0 aliphatic rings. The molecule has 0 fully saturated rings. The molecule has 1 heterocycles. The molecule has 6 nitrogen and oxygen atoms in total. The number of anilines is 1. The molecule has 19 heavy (non-hydrogen) atoms. The Morgan fingerprint density at radius 3 is 2.68 bits per heavy atom. The van der Waals surface area contributed by atoms with Crippen LogP contribution in [0.2, 0.25) is 5.02 Å². The zero-order valence-corrected chi connectivity index (χ0v) is 10.6. The SMILES string of the molecule is CC(O)(O)Nc1ccc2c(Cl)c(C=O)c(=O)oc2c1. The molecule has 7 heteroatoms. The summed E-state index contributed by atoms with van der Waals surface area (Å²) in [5.74, 6) is -2.11. The number of rotatable bonds is 3. The molecule has 3 N–H and O–H groups in total. The predicted octanol–water partition coefficient (Wildman–Crippen LogP) is 1.33. The maximum atomic E-state index is 11.5. The van der Waals surface area contributed by atoms with Gasteiger partial charge >= 0.3 is 5.63 Å². The first kappa shape index (κ1) is 13.5. The van der Waals surface area contributed by atoms with Crippen molar-refractivity contribution in [2.24, 2.45) is 0 Å². The highest BCUT2D eigenvalue weighted by atomic mass is 35.5. The van der Waals surface area contributed by atoms with Crippen LogP contribution in [0.3, 0.4) is 0 Å². The molecule has 0 aliphatic heterocycles. The molecule has 0 amide bonds. The van der Waals surface area contributed by atoms with Crippen molar-refractivity contribution >= 4 is 34.5 Å². The van der Waals surface area contributed by atoms with Gasteiger partial charge in [-0.2, -0.15) is 0 Å². The molecule has 0 bridgehead atoms. The van der Waals surface area contributed by atoms with Gasteiger partial charge < -0.3 is 19.9 Å². The fourth-order valence-electron chi connectivity index (χ4n) is 1.63. The lowest BCUT2D eigenvalue weighted by molar-refractivity contribution is -0.118. The molecule has 0 saturated carbocycles. The lowest BCUT2D eigenvalue weighted by Gasteiger charge is -2.18. The van der Waals surface area contributed by atoms with Crippen LogP contribution in [-0.2, 0) is 0 Å². The number of hydrogen-bond acceptors (Lipinski definition) is 6. The molecule has 0 atom stereocenters. The van der Waals surface area contributed by atoms with E-state index in [-0.39, 0.29) is 16.2 Å².